The molecule has 1 unspecified atom stereocenters. The lowest BCUT2D eigenvalue weighted by Gasteiger charge is -2.27. The van der Waals surface area contributed by atoms with Crippen molar-refractivity contribution in [1.82, 2.24) is 10.2 Å². The van der Waals surface area contributed by atoms with E-state index in [0.717, 1.165) is 12.1 Å². The molecule has 32 heavy (non-hydrogen) atoms. The van der Waals surface area contributed by atoms with Gasteiger partial charge in [0.1, 0.15) is 11.5 Å². The third kappa shape index (κ3) is 3.15. The van der Waals surface area contributed by atoms with Crippen molar-refractivity contribution in [2.75, 3.05) is 4.90 Å². The Morgan fingerprint density at radius 3 is 2.34 bits per heavy atom. The van der Waals surface area contributed by atoms with E-state index in [4.69, 9.17) is 0 Å². The summed E-state index contributed by atoms with van der Waals surface area (Å²) >= 11 is 0. The highest BCUT2D eigenvalue weighted by Gasteiger charge is 2.44. The first-order valence-electron chi connectivity index (χ1n) is 9.75. The Hall–Kier alpha value is -3.94. The van der Waals surface area contributed by atoms with E-state index in [1.807, 2.05) is 6.07 Å². The maximum Gasteiger partial charge on any atom is 0.416 e. The third-order valence-corrected chi connectivity index (χ3v) is 5.47. The van der Waals surface area contributed by atoms with Gasteiger partial charge in [0, 0.05) is 22.4 Å². The van der Waals surface area contributed by atoms with Crippen molar-refractivity contribution in [1.29, 1.82) is 0 Å². The maximum absolute atomic E-state index is 14.9. The zero-order chi connectivity index (χ0) is 22.5. The summed E-state index contributed by atoms with van der Waals surface area (Å²) in [6, 6.07) is 18.4. The van der Waals surface area contributed by atoms with Crippen molar-refractivity contribution < 1.29 is 22.4 Å². The Bertz CT molecular complexity index is 1310. The van der Waals surface area contributed by atoms with Crippen LogP contribution in [-0.2, 0) is 6.18 Å². The van der Waals surface area contributed by atoms with Crippen molar-refractivity contribution in [2.45, 2.75) is 12.2 Å². The molecule has 0 fully saturated rings. The van der Waals surface area contributed by atoms with E-state index in [-0.39, 0.29) is 16.9 Å². The van der Waals surface area contributed by atoms with E-state index >= 15 is 0 Å². The summed E-state index contributed by atoms with van der Waals surface area (Å²) in [6.45, 7) is 0. The summed E-state index contributed by atoms with van der Waals surface area (Å²) in [5.41, 5.74) is 0.962. The van der Waals surface area contributed by atoms with Crippen LogP contribution in [0.3, 0.4) is 0 Å². The number of carbonyl (C=O) groups is 1. The van der Waals surface area contributed by atoms with Gasteiger partial charge in [0.2, 0.25) is 0 Å². The van der Waals surface area contributed by atoms with Gasteiger partial charge in [-0.1, -0.05) is 54.6 Å². The fourth-order valence-electron chi connectivity index (χ4n) is 4.05. The molecule has 0 radical (unpaired) electrons. The lowest BCUT2D eigenvalue weighted by atomic mass is 9.95. The first kappa shape index (κ1) is 20.0. The van der Waals surface area contributed by atoms with Crippen molar-refractivity contribution in [3.05, 3.63) is 107 Å². The van der Waals surface area contributed by atoms with Crippen LogP contribution in [0.2, 0.25) is 0 Å². The highest BCUT2D eigenvalue weighted by molar-refractivity contribution is 6.11. The van der Waals surface area contributed by atoms with E-state index in [0.29, 0.717) is 16.8 Å². The molecule has 1 aliphatic heterocycles. The van der Waals surface area contributed by atoms with Crippen molar-refractivity contribution in [3.63, 3.8) is 0 Å². The van der Waals surface area contributed by atoms with Crippen LogP contribution < -0.4 is 4.90 Å². The second-order valence-electron chi connectivity index (χ2n) is 7.37. The zero-order valence-corrected chi connectivity index (χ0v) is 16.4. The van der Waals surface area contributed by atoms with Crippen molar-refractivity contribution in [3.8, 4) is 11.3 Å². The van der Waals surface area contributed by atoms with Gasteiger partial charge < -0.3 is 0 Å². The molecule has 1 atom stereocenters. The summed E-state index contributed by atoms with van der Waals surface area (Å²) in [5.74, 6) is -1.16. The summed E-state index contributed by atoms with van der Waals surface area (Å²) in [4.78, 5) is 14.5. The number of amides is 1. The monoisotopic (exact) mass is 437 g/mol. The average molecular weight is 437 g/mol. The van der Waals surface area contributed by atoms with Crippen molar-refractivity contribution >= 4 is 11.6 Å². The fraction of sp³-hybridized carbons (Fsp3) is 0.0833. The molecule has 0 saturated carbocycles. The van der Waals surface area contributed by atoms with Gasteiger partial charge in [-0.05, 0) is 24.3 Å². The predicted octanol–water partition coefficient (Wildman–Crippen LogP) is 5.98. The number of hydrogen-bond acceptors (Lipinski definition) is 2. The third-order valence-electron chi connectivity index (χ3n) is 5.47. The predicted molar refractivity (Wildman–Crippen MR) is 111 cm³/mol. The largest absolute Gasteiger partial charge is 0.416 e. The standard InChI is InChI=1S/C24H15F4N3O/c25-18-12-5-4-11-17(18)22-19-20(14-7-2-1-3-8-14)29-30-21(19)23(32)31(22)16-10-6-9-15(13-16)24(26,27)28/h1-13,22H,(H,29,30). The minimum absolute atomic E-state index is 0.0155. The van der Waals surface area contributed by atoms with Gasteiger partial charge in [0.15, 0.2) is 0 Å². The number of nitrogens with one attached hydrogen (secondary N) is 1. The second-order valence-corrected chi connectivity index (χ2v) is 7.37. The van der Waals surface area contributed by atoms with Gasteiger partial charge in [-0.25, -0.2) is 4.39 Å². The lowest BCUT2D eigenvalue weighted by Crippen LogP contribution is -2.30. The molecule has 1 N–H and O–H groups in total. The Balaban J connectivity index is 1.74. The van der Waals surface area contributed by atoms with E-state index in [1.54, 1.807) is 30.3 Å². The molecule has 1 aromatic heterocycles. The number of rotatable bonds is 3. The summed E-state index contributed by atoms with van der Waals surface area (Å²) in [6.07, 6.45) is -4.59. The van der Waals surface area contributed by atoms with Crippen LogP contribution in [-0.4, -0.2) is 16.1 Å². The summed E-state index contributed by atoms with van der Waals surface area (Å²) < 4.78 is 54.9. The molecule has 4 nitrogen and oxygen atoms in total. The normalized spacial score (nSPS) is 15.8. The number of aromatic amines is 1. The molecule has 4 aromatic rings. The van der Waals surface area contributed by atoms with E-state index in [9.17, 15) is 22.4 Å². The van der Waals surface area contributed by atoms with E-state index in [1.165, 1.54) is 35.2 Å². The van der Waals surface area contributed by atoms with Gasteiger partial charge in [-0.15, -0.1) is 0 Å². The molecule has 0 aliphatic carbocycles. The number of nitrogens with zero attached hydrogens (tertiary/aromatic N) is 2. The van der Waals surface area contributed by atoms with Crippen LogP contribution in [0.4, 0.5) is 23.2 Å². The smallest absolute Gasteiger partial charge is 0.295 e. The first-order valence-corrected chi connectivity index (χ1v) is 9.75. The first-order chi connectivity index (χ1) is 15.4. The lowest BCUT2D eigenvalue weighted by molar-refractivity contribution is -0.137. The highest BCUT2D eigenvalue weighted by Crippen LogP contribution is 2.46. The number of aromatic nitrogens is 2. The number of H-pyrrole nitrogens is 1. The minimum atomic E-state index is -4.59. The van der Waals surface area contributed by atoms with Gasteiger partial charge >= 0.3 is 6.18 Å². The summed E-state index contributed by atoms with van der Waals surface area (Å²) in [5, 5.41) is 6.99. The van der Waals surface area contributed by atoms with Crippen LogP contribution in [0.25, 0.3) is 11.3 Å². The maximum atomic E-state index is 14.9. The molecule has 0 saturated heterocycles. The second kappa shape index (κ2) is 7.33. The van der Waals surface area contributed by atoms with E-state index < -0.39 is 29.5 Å². The summed E-state index contributed by atoms with van der Waals surface area (Å²) in [7, 11) is 0. The molecule has 5 rings (SSSR count). The highest BCUT2D eigenvalue weighted by atomic mass is 19.4. The molecule has 2 heterocycles. The Kier molecular flexibility index (Phi) is 4.58. The number of carbonyl (C=O) groups excluding carboxylic acids is 1. The minimum Gasteiger partial charge on any atom is -0.295 e. The molecule has 8 heteroatoms. The molecule has 1 aliphatic rings. The van der Waals surface area contributed by atoms with Crippen LogP contribution >= 0.6 is 0 Å². The molecular formula is C24H15F4N3O. The van der Waals surface area contributed by atoms with Crippen LogP contribution in [0, 0.1) is 5.82 Å². The van der Waals surface area contributed by atoms with Gasteiger partial charge in [-0.3, -0.25) is 14.8 Å². The van der Waals surface area contributed by atoms with Gasteiger partial charge in [0.05, 0.1) is 17.3 Å². The molecule has 160 valence electrons. The van der Waals surface area contributed by atoms with Gasteiger partial charge in [0.25, 0.3) is 5.91 Å². The average Bonchev–Trinajstić information content (AvgIpc) is 3.33. The zero-order valence-electron chi connectivity index (χ0n) is 16.4. The van der Waals surface area contributed by atoms with Crippen LogP contribution in [0.15, 0.2) is 78.9 Å². The molecule has 0 spiro atoms. The number of fused-ring (bicyclic) bond motifs is 1. The van der Waals surface area contributed by atoms with Crippen LogP contribution in [0.1, 0.15) is 33.2 Å². The Morgan fingerprint density at radius 1 is 0.906 bits per heavy atom. The quantitative estimate of drug-likeness (QED) is 0.401. The topological polar surface area (TPSA) is 49.0 Å². The SMILES string of the molecule is O=C1c2[nH]nc(-c3ccccc3)c2C(c2ccccc2F)N1c1cccc(C(F)(F)F)c1. The number of hydrogen-bond donors (Lipinski definition) is 1. The molecular weight excluding hydrogens is 422 g/mol. The Labute approximate surface area is 180 Å². The number of halogens is 4. The molecule has 1 amide bonds. The van der Waals surface area contributed by atoms with Gasteiger partial charge in [-0.2, -0.15) is 18.3 Å². The number of anilines is 1. The number of alkyl halides is 3. The van der Waals surface area contributed by atoms with Crippen LogP contribution in [0.5, 0.6) is 0 Å². The number of benzene rings is 3. The van der Waals surface area contributed by atoms with E-state index in [2.05, 4.69) is 10.2 Å². The fourth-order valence-corrected chi connectivity index (χ4v) is 4.05. The Morgan fingerprint density at radius 2 is 1.62 bits per heavy atom. The molecule has 0 bridgehead atoms. The molecule has 3 aromatic carbocycles. The van der Waals surface area contributed by atoms with Crippen molar-refractivity contribution in [2.24, 2.45) is 0 Å².